The molecular weight excluding hydrogens is 298 g/mol. The molecule has 0 aromatic heterocycles. The molecule has 3 rings (SSSR count). The summed E-state index contributed by atoms with van der Waals surface area (Å²) in [7, 11) is 4.01. The highest BCUT2D eigenvalue weighted by Gasteiger charge is 2.29. The third-order valence-corrected chi connectivity index (χ3v) is 4.13. The largest absolute Gasteiger partial charge is 0.378 e. The minimum Gasteiger partial charge on any atom is -0.378 e. The first-order valence-electron chi connectivity index (χ1n) is 7.92. The lowest BCUT2D eigenvalue weighted by atomic mass is 10.1. The second kappa shape index (κ2) is 6.32. The first kappa shape index (κ1) is 16.0. The Kier molecular flexibility index (Phi) is 4.21. The van der Waals surface area contributed by atoms with E-state index in [0.717, 1.165) is 28.2 Å². The zero-order valence-corrected chi connectivity index (χ0v) is 14.4. The molecule has 0 aliphatic carbocycles. The minimum atomic E-state index is -0.0847. The number of hydrogen-bond donors (Lipinski definition) is 0. The van der Waals surface area contributed by atoms with Crippen molar-refractivity contribution in [3.05, 3.63) is 65.2 Å². The van der Waals surface area contributed by atoms with Crippen LogP contribution in [0.4, 0.5) is 11.4 Å². The van der Waals surface area contributed by atoms with Crippen molar-refractivity contribution >= 4 is 29.1 Å². The molecule has 24 heavy (non-hydrogen) atoms. The Morgan fingerprint density at radius 3 is 2.29 bits per heavy atom. The van der Waals surface area contributed by atoms with Crippen LogP contribution in [0.2, 0.25) is 0 Å². The number of carbonyl (C=O) groups is 1. The van der Waals surface area contributed by atoms with E-state index in [1.807, 2.05) is 87.4 Å². The summed E-state index contributed by atoms with van der Waals surface area (Å²) in [6.45, 7) is 3.85. The number of carbonyl (C=O) groups excluding carboxylic acids is 1. The number of rotatable bonds is 3. The molecule has 0 saturated heterocycles. The van der Waals surface area contributed by atoms with Gasteiger partial charge in [0.1, 0.15) is 0 Å². The highest BCUT2D eigenvalue weighted by Crippen LogP contribution is 2.27. The SMILES string of the molecule is CC1=NN(c2ccccc2C)C(=O)/C1=C/c1ccc(N(C)C)cc1. The molecule has 0 radical (unpaired) electrons. The fourth-order valence-corrected chi connectivity index (χ4v) is 2.68. The van der Waals surface area contributed by atoms with Gasteiger partial charge in [0.2, 0.25) is 0 Å². The molecule has 0 N–H and O–H groups in total. The van der Waals surface area contributed by atoms with Crippen molar-refractivity contribution in [2.75, 3.05) is 24.0 Å². The predicted octanol–water partition coefficient (Wildman–Crippen LogP) is 3.87. The van der Waals surface area contributed by atoms with Crippen molar-refractivity contribution in [2.24, 2.45) is 5.10 Å². The molecule has 0 saturated carbocycles. The monoisotopic (exact) mass is 319 g/mol. The quantitative estimate of drug-likeness (QED) is 0.805. The van der Waals surface area contributed by atoms with Crippen LogP contribution in [-0.2, 0) is 4.79 Å². The maximum atomic E-state index is 12.8. The highest BCUT2D eigenvalue weighted by molar-refractivity contribution is 6.32. The van der Waals surface area contributed by atoms with Crippen LogP contribution in [0.1, 0.15) is 18.1 Å². The minimum absolute atomic E-state index is 0.0847. The van der Waals surface area contributed by atoms with E-state index in [1.54, 1.807) is 0 Å². The summed E-state index contributed by atoms with van der Waals surface area (Å²) in [5.41, 5.74) is 5.34. The molecule has 0 unspecified atom stereocenters. The van der Waals surface area contributed by atoms with Gasteiger partial charge in [-0.15, -0.1) is 0 Å². The first-order chi connectivity index (χ1) is 11.5. The number of para-hydroxylation sites is 1. The lowest BCUT2D eigenvalue weighted by Crippen LogP contribution is -2.22. The number of amides is 1. The van der Waals surface area contributed by atoms with E-state index in [2.05, 4.69) is 5.10 Å². The van der Waals surface area contributed by atoms with Gasteiger partial charge in [-0.2, -0.15) is 10.1 Å². The van der Waals surface area contributed by atoms with Crippen LogP contribution in [0.25, 0.3) is 6.08 Å². The van der Waals surface area contributed by atoms with Gasteiger partial charge in [-0.1, -0.05) is 30.3 Å². The summed E-state index contributed by atoms with van der Waals surface area (Å²) in [5.74, 6) is -0.0847. The predicted molar refractivity (Wildman–Crippen MR) is 101 cm³/mol. The van der Waals surface area contributed by atoms with Gasteiger partial charge in [0.25, 0.3) is 5.91 Å². The van der Waals surface area contributed by atoms with E-state index < -0.39 is 0 Å². The van der Waals surface area contributed by atoms with E-state index in [-0.39, 0.29) is 5.91 Å². The molecule has 1 amide bonds. The van der Waals surface area contributed by atoms with Crippen LogP contribution >= 0.6 is 0 Å². The summed E-state index contributed by atoms with van der Waals surface area (Å²) in [6, 6.07) is 15.9. The van der Waals surface area contributed by atoms with Crippen LogP contribution in [0.3, 0.4) is 0 Å². The zero-order valence-electron chi connectivity index (χ0n) is 14.4. The molecule has 1 aliphatic heterocycles. The maximum absolute atomic E-state index is 12.8. The lowest BCUT2D eigenvalue weighted by Gasteiger charge is -2.14. The smallest absolute Gasteiger partial charge is 0.280 e. The van der Waals surface area contributed by atoms with E-state index in [4.69, 9.17) is 0 Å². The van der Waals surface area contributed by atoms with Gasteiger partial charge in [-0.3, -0.25) is 4.79 Å². The second-order valence-electron chi connectivity index (χ2n) is 6.13. The van der Waals surface area contributed by atoms with Crippen LogP contribution in [-0.4, -0.2) is 25.7 Å². The summed E-state index contributed by atoms with van der Waals surface area (Å²) < 4.78 is 0. The van der Waals surface area contributed by atoms with E-state index in [9.17, 15) is 4.79 Å². The van der Waals surface area contributed by atoms with E-state index in [0.29, 0.717) is 5.57 Å². The van der Waals surface area contributed by atoms with Crippen molar-refractivity contribution in [1.29, 1.82) is 0 Å². The molecule has 1 aliphatic rings. The van der Waals surface area contributed by atoms with Crippen molar-refractivity contribution in [3.8, 4) is 0 Å². The number of hydrogen-bond acceptors (Lipinski definition) is 3. The number of anilines is 2. The molecular formula is C20H21N3O. The Labute approximate surface area is 142 Å². The molecule has 4 nitrogen and oxygen atoms in total. The second-order valence-corrected chi connectivity index (χ2v) is 6.13. The van der Waals surface area contributed by atoms with Gasteiger partial charge in [-0.05, 0) is 49.2 Å². The van der Waals surface area contributed by atoms with Gasteiger partial charge < -0.3 is 4.90 Å². The fourth-order valence-electron chi connectivity index (χ4n) is 2.68. The maximum Gasteiger partial charge on any atom is 0.280 e. The summed E-state index contributed by atoms with van der Waals surface area (Å²) in [4.78, 5) is 14.8. The Morgan fingerprint density at radius 2 is 1.67 bits per heavy atom. The summed E-state index contributed by atoms with van der Waals surface area (Å²) >= 11 is 0. The van der Waals surface area contributed by atoms with Crippen molar-refractivity contribution in [2.45, 2.75) is 13.8 Å². The van der Waals surface area contributed by atoms with Crippen LogP contribution in [0, 0.1) is 6.92 Å². The zero-order chi connectivity index (χ0) is 17.3. The average molecular weight is 319 g/mol. The Hall–Kier alpha value is -2.88. The molecule has 1 heterocycles. The Bertz CT molecular complexity index is 832. The van der Waals surface area contributed by atoms with E-state index >= 15 is 0 Å². The van der Waals surface area contributed by atoms with E-state index in [1.165, 1.54) is 5.01 Å². The first-order valence-corrected chi connectivity index (χ1v) is 7.92. The standard InChI is InChI=1S/C20H21N3O/c1-14-7-5-6-8-19(14)23-20(24)18(15(2)21-23)13-16-9-11-17(12-10-16)22(3)4/h5-13H,1-4H3/b18-13+. The van der Waals surface area contributed by atoms with Gasteiger partial charge in [-0.25, -0.2) is 0 Å². The fraction of sp³-hybridized carbons (Fsp3) is 0.200. The van der Waals surface area contributed by atoms with Crippen LogP contribution in [0.5, 0.6) is 0 Å². The molecule has 0 spiro atoms. The number of benzene rings is 2. The number of hydrazone groups is 1. The normalized spacial score (nSPS) is 15.8. The summed E-state index contributed by atoms with van der Waals surface area (Å²) in [6.07, 6.45) is 1.90. The van der Waals surface area contributed by atoms with Crippen LogP contribution < -0.4 is 9.91 Å². The molecule has 0 atom stereocenters. The lowest BCUT2D eigenvalue weighted by molar-refractivity contribution is -0.114. The average Bonchev–Trinajstić information content (AvgIpc) is 2.84. The molecule has 2 aromatic carbocycles. The Balaban J connectivity index is 1.91. The number of aryl methyl sites for hydroxylation is 1. The molecule has 122 valence electrons. The molecule has 4 heteroatoms. The number of nitrogens with zero attached hydrogens (tertiary/aromatic N) is 3. The van der Waals surface area contributed by atoms with Crippen molar-refractivity contribution in [3.63, 3.8) is 0 Å². The van der Waals surface area contributed by atoms with Crippen molar-refractivity contribution in [1.82, 2.24) is 0 Å². The van der Waals surface area contributed by atoms with Crippen molar-refractivity contribution < 1.29 is 4.79 Å². The third kappa shape index (κ3) is 2.95. The van der Waals surface area contributed by atoms with Gasteiger partial charge in [0.15, 0.2) is 0 Å². The third-order valence-electron chi connectivity index (χ3n) is 4.13. The molecule has 0 bridgehead atoms. The topological polar surface area (TPSA) is 35.9 Å². The Morgan fingerprint density at radius 1 is 1.00 bits per heavy atom. The van der Waals surface area contributed by atoms with Gasteiger partial charge >= 0.3 is 0 Å². The van der Waals surface area contributed by atoms with Gasteiger partial charge in [0.05, 0.1) is 17.0 Å². The highest BCUT2D eigenvalue weighted by atomic mass is 16.2. The molecule has 2 aromatic rings. The summed E-state index contributed by atoms with van der Waals surface area (Å²) in [5, 5.41) is 5.94. The van der Waals surface area contributed by atoms with Gasteiger partial charge in [0, 0.05) is 19.8 Å². The molecule has 0 fully saturated rings. The van der Waals surface area contributed by atoms with Crippen LogP contribution in [0.15, 0.2) is 59.2 Å².